The normalized spacial score (nSPS) is 14.0. The minimum Gasteiger partial charge on any atom is -0.356 e. The van der Waals surface area contributed by atoms with Crippen LogP contribution >= 0.6 is 0 Å². The first-order valence-corrected chi connectivity index (χ1v) is 8.76. The lowest BCUT2D eigenvalue weighted by molar-refractivity contribution is -0.121. The first-order chi connectivity index (χ1) is 11.5. The highest BCUT2D eigenvalue weighted by Crippen LogP contribution is 2.14. The highest BCUT2D eigenvalue weighted by atomic mass is 16.1. The molecule has 0 fully saturated rings. The second kappa shape index (κ2) is 10.7. The molecule has 0 spiro atoms. The molecule has 3 N–H and O–H groups in total. The summed E-state index contributed by atoms with van der Waals surface area (Å²) < 4.78 is 0. The first-order valence-electron chi connectivity index (χ1n) is 8.76. The highest BCUT2D eigenvalue weighted by Gasteiger charge is 2.08. The van der Waals surface area contributed by atoms with Crippen LogP contribution in [0.2, 0.25) is 0 Å². The number of guanidine groups is 1. The lowest BCUT2D eigenvalue weighted by atomic mass is 10.0. The van der Waals surface area contributed by atoms with Crippen LogP contribution in [0.25, 0.3) is 0 Å². The molecule has 1 amide bonds. The topological polar surface area (TPSA) is 65.5 Å². The largest absolute Gasteiger partial charge is 0.356 e. The van der Waals surface area contributed by atoms with E-state index in [9.17, 15) is 4.79 Å². The van der Waals surface area contributed by atoms with Gasteiger partial charge in [-0.15, -0.1) is 0 Å². The van der Waals surface area contributed by atoms with Gasteiger partial charge >= 0.3 is 0 Å². The first kappa shape index (κ1) is 20.0. The fourth-order valence-electron chi connectivity index (χ4n) is 2.23. The molecule has 0 aliphatic rings. The number of carbonyl (C=O) groups is 1. The van der Waals surface area contributed by atoms with Gasteiger partial charge in [0.2, 0.25) is 5.91 Å². The summed E-state index contributed by atoms with van der Waals surface area (Å²) in [6, 6.07) is 8.82. The molecule has 0 heterocycles. The number of nitrogens with one attached hydrogen (secondary N) is 3. The van der Waals surface area contributed by atoms with Gasteiger partial charge in [0.25, 0.3) is 0 Å². The van der Waals surface area contributed by atoms with Crippen LogP contribution in [0.15, 0.2) is 29.3 Å². The van der Waals surface area contributed by atoms with E-state index in [0.717, 1.165) is 18.9 Å². The number of rotatable bonds is 8. The second-order valence-electron chi connectivity index (χ2n) is 6.32. The van der Waals surface area contributed by atoms with Gasteiger partial charge in [0.1, 0.15) is 0 Å². The lowest BCUT2D eigenvalue weighted by Gasteiger charge is -2.17. The number of benzene rings is 1. The predicted molar refractivity (Wildman–Crippen MR) is 101 cm³/mol. The summed E-state index contributed by atoms with van der Waals surface area (Å²) in [6.07, 6.45) is 1.39. The van der Waals surface area contributed by atoms with Gasteiger partial charge in [-0.05, 0) is 31.7 Å². The molecular weight excluding hydrogens is 300 g/mol. The molecule has 0 aliphatic heterocycles. The summed E-state index contributed by atoms with van der Waals surface area (Å²) in [5.41, 5.74) is 2.57. The standard InChI is InChI=1S/C19H32N4O/c1-6-16(4)23-18(24)11-12-21-19(20-5)22-13-15(3)17-9-7-14(2)8-10-17/h7-10,15-16H,6,11-13H2,1-5H3,(H,23,24)(H2,20,21,22). The second-order valence-corrected chi connectivity index (χ2v) is 6.32. The van der Waals surface area contributed by atoms with Crippen molar-refractivity contribution in [1.29, 1.82) is 0 Å². The van der Waals surface area contributed by atoms with E-state index in [2.05, 4.69) is 66.0 Å². The number of aliphatic imine (C=N–C) groups is 1. The van der Waals surface area contributed by atoms with Crippen LogP contribution in [-0.4, -0.2) is 38.0 Å². The van der Waals surface area contributed by atoms with Crippen molar-refractivity contribution < 1.29 is 4.79 Å². The molecule has 0 aromatic heterocycles. The summed E-state index contributed by atoms with van der Waals surface area (Å²) in [7, 11) is 1.74. The third-order valence-corrected chi connectivity index (χ3v) is 4.11. The third kappa shape index (κ3) is 7.49. The van der Waals surface area contributed by atoms with Crippen LogP contribution in [0.5, 0.6) is 0 Å². The van der Waals surface area contributed by atoms with E-state index in [1.165, 1.54) is 11.1 Å². The molecule has 5 heteroatoms. The van der Waals surface area contributed by atoms with Gasteiger partial charge in [-0.25, -0.2) is 0 Å². The van der Waals surface area contributed by atoms with Crippen LogP contribution in [-0.2, 0) is 4.79 Å². The molecule has 0 radical (unpaired) electrons. The van der Waals surface area contributed by atoms with Crippen molar-refractivity contribution in [3.63, 3.8) is 0 Å². The van der Waals surface area contributed by atoms with Crippen LogP contribution < -0.4 is 16.0 Å². The van der Waals surface area contributed by atoms with Gasteiger partial charge in [0.05, 0.1) is 0 Å². The molecule has 5 nitrogen and oxygen atoms in total. The van der Waals surface area contributed by atoms with Gasteiger partial charge in [0.15, 0.2) is 5.96 Å². The van der Waals surface area contributed by atoms with Crippen molar-refractivity contribution in [3.8, 4) is 0 Å². The van der Waals surface area contributed by atoms with Gasteiger partial charge in [-0.2, -0.15) is 0 Å². The average molecular weight is 332 g/mol. The van der Waals surface area contributed by atoms with Gasteiger partial charge < -0.3 is 16.0 Å². The number of aryl methyl sites for hydroxylation is 1. The maximum Gasteiger partial charge on any atom is 0.221 e. The van der Waals surface area contributed by atoms with Crippen molar-refractivity contribution in [1.82, 2.24) is 16.0 Å². The number of nitrogens with zero attached hydrogens (tertiary/aromatic N) is 1. The third-order valence-electron chi connectivity index (χ3n) is 4.11. The molecule has 0 bridgehead atoms. The Morgan fingerprint density at radius 3 is 2.42 bits per heavy atom. The van der Waals surface area contributed by atoms with Gasteiger partial charge in [-0.1, -0.05) is 43.7 Å². The summed E-state index contributed by atoms with van der Waals surface area (Å²) in [4.78, 5) is 16.0. The Balaban J connectivity index is 2.32. The fourth-order valence-corrected chi connectivity index (χ4v) is 2.23. The van der Waals surface area contributed by atoms with E-state index in [1.807, 2.05) is 6.92 Å². The summed E-state index contributed by atoms with van der Waals surface area (Å²) in [5, 5.41) is 9.46. The maximum atomic E-state index is 11.7. The molecule has 0 saturated carbocycles. The van der Waals surface area contributed by atoms with Crippen molar-refractivity contribution in [3.05, 3.63) is 35.4 Å². The zero-order valence-corrected chi connectivity index (χ0v) is 15.6. The molecule has 24 heavy (non-hydrogen) atoms. The monoisotopic (exact) mass is 332 g/mol. The molecule has 0 aliphatic carbocycles. The van der Waals surface area contributed by atoms with Crippen molar-refractivity contribution in [2.75, 3.05) is 20.1 Å². The van der Waals surface area contributed by atoms with E-state index in [4.69, 9.17) is 0 Å². The summed E-state index contributed by atoms with van der Waals surface area (Å²) >= 11 is 0. The molecule has 134 valence electrons. The summed E-state index contributed by atoms with van der Waals surface area (Å²) in [5.74, 6) is 1.18. The highest BCUT2D eigenvalue weighted by molar-refractivity contribution is 5.81. The van der Waals surface area contributed by atoms with Crippen molar-refractivity contribution >= 4 is 11.9 Å². The molecule has 1 aromatic carbocycles. The van der Waals surface area contributed by atoms with E-state index in [0.29, 0.717) is 18.9 Å². The van der Waals surface area contributed by atoms with Crippen molar-refractivity contribution in [2.24, 2.45) is 4.99 Å². The summed E-state index contributed by atoms with van der Waals surface area (Å²) in [6.45, 7) is 9.71. The number of hydrogen-bond acceptors (Lipinski definition) is 2. The van der Waals surface area contributed by atoms with Crippen LogP contribution in [0, 0.1) is 6.92 Å². The molecular formula is C19H32N4O. The Labute approximate surface area is 146 Å². The minimum atomic E-state index is 0.0697. The number of hydrogen-bond donors (Lipinski definition) is 3. The number of amides is 1. The molecule has 1 rings (SSSR count). The predicted octanol–water partition coefficient (Wildman–Crippen LogP) is 2.57. The Hall–Kier alpha value is -2.04. The number of carbonyl (C=O) groups excluding carboxylic acids is 1. The Kier molecular flexibility index (Phi) is 8.90. The quantitative estimate of drug-likeness (QED) is 0.506. The Bertz CT molecular complexity index is 525. The Morgan fingerprint density at radius 2 is 1.83 bits per heavy atom. The van der Waals surface area contributed by atoms with Gasteiger partial charge in [-0.3, -0.25) is 9.79 Å². The van der Waals surface area contributed by atoms with E-state index < -0.39 is 0 Å². The Morgan fingerprint density at radius 1 is 1.17 bits per heavy atom. The van der Waals surface area contributed by atoms with Crippen LogP contribution in [0.1, 0.15) is 50.7 Å². The minimum absolute atomic E-state index is 0.0697. The van der Waals surface area contributed by atoms with E-state index >= 15 is 0 Å². The van der Waals surface area contributed by atoms with E-state index in [1.54, 1.807) is 7.05 Å². The lowest BCUT2D eigenvalue weighted by Crippen LogP contribution is -2.41. The molecule has 0 saturated heterocycles. The fraction of sp³-hybridized carbons (Fsp3) is 0.579. The van der Waals surface area contributed by atoms with E-state index in [-0.39, 0.29) is 11.9 Å². The molecule has 2 atom stereocenters. The average Bonchev–Trinajstić information content (AvgIpc) is 2.58. The zero-order chi connectivity index (χ0) is 17.9. The molecule has 1 aromatic rings. The van der Waals surface area contributed by atoms with Crippen molar-refractivity contribution in [2.45, 2.75) is 52.5 Å². The molecule has 2 unspecified atom stereocenters. The van der Waals surface area contributed by atoms with Gasteiger partial charge in [0, 0.05) is 32.6 Å². The SMILES string of the molecule is CCC(C)NC(=O)CCNC(=NC)NCC(C)c1ccc(C)cc1. The smallest absolute Gasteiger partial charge is 0.221 e. The zero-order valence-electron chi connectivity index (χ0n) is 15.6. The van der Waals surface area contributed by atoms with Crippen LogP contribution in [0.3, 0.4) is 0 Å². The maximum absolute atomic E-state index is 11.7. The van der Waals surface area contributed by atoms with Crippen LogP contribution in [0.4, 0.5) is 0 Å².